The fourth-order valence-corrected chi connectivity index (χ4v) is 3.18. The van der Waals surface area contributed by atoms with E-state index in [0.717, 1.165) is 11.8 Å². The Morgan fingerprint density at radius 3 is 2.62 bits per heavy atom. The quantitative estimate of drug-likeness (QED) is 0.187. The summed E-state index contributed by atoms with van der Waals surface area (Å²) in [5, 5.41) is 15.9. The van der Waals surface area contributed by atoms with Gasteiger partial charge in [0.1, 0.15) is 5.75 Å². The number of carbonyl (C=O) groups is 3. The first-order chi connectivity index (χ1) is 13.8. The van der Waals surface area contributed by atoms with Crippen LogP contribution in [0, 0.1) is 16.4 Å². The Labute approximate surface area is 185 Å². The summed E-state index contributed by atoms with van der Waals surface area (Å²) in [6.45, 7) is 1.91. The largest absolute Gasteiger partial charge is 0.507 e. The van der Waals surface area contributed by atoms with E-state index in [4.69, 9.17) is 12.2 Å². The lowest BCUT2D eigenvalue weighted by Gasteiger charge is -2.30. The predicted octanol–water partition coefficient (Wildman–Crippen LogP) is 2.08. The summed E-state index contributed by atoms with van der Waals surface area (Å²) in [4.78, 5) is 38.3. The number of anilines is 1. The average molecular weight is 522 g/mol. The zero-order valence-corrected chi connectivity index (χ0v) is 18.0. The number of phenolic OH excluding ortho intramolecular Hbond substituents is 1. The van der Waals surface area contributed by atoms with Gasteiger partial charge in [0, 0.05) is 11.8 Å². The van der Waals surface area contributed by atoms with E-state index in [1.807, 2.05) is 41.6 Å². The van der Waals surface area contributed by atoms with Gasteiger partial charge in [0.2, 0.25) is 5.91 Å². The highest BCUT2D eigenvalue weighted by Crippen LogP contribution is 2.21. The summed E-state index contributed by atoms with van der Waals surface area (Å²) in [5.74, 6) is -3.09. The van der Waals surface area contributed by atoms with Crippen molar-refractivity contribution in [3.8, 4) is 5.75 Å². The highest BCUT2D eigenvalue weighted by molar-refractivity contribution is 14.1. The Balaban J connectivity index is 1.74. The number of aryl methyl sites for hydroxylation is 1. The summed E-state index contributed by atoms with van der Waals surface area (Å²) in [7, 11) is 0. The molecule has 3 N–H and O–H groups in total. The smallest absolute Gasteiger partial charge is 0.271 e. The molecule has 1 saturated heterocycles. The van der Waals surface area contributed by atoms with E-state index in [1.54, 1.807) is 18.2 Å². The molecule has 0 aliphatic carbocycles. The molecule has 1 fully saturated rings. The molecule has 0 unspecified atom stereocenters. The van der Waals surface area contributed by atoms with Crippen LogP contribution in [0.5, 0.6) is 5.75 Å². The monoisotopic (exact) mass is 522 g/mol. The van der Waals surface area contributed by atoms with Crippen molar-refractivity contribution >= 4 is 69.5 Å². The SMILES string of the molecule is Cc1ccc(N2C(=O)[C@@H](/C=N/NC(=O)c3ccc(I)c(O)c3)C(=O)NC2=S)cc1. The summed E-state index contributed by atoms with van der Waals surface area (Å²) in [5.41, 5.74) is 3.95. The minimum atomic E-state index is -1.26. The number of hydrazone groups is 1. The van der Waals surface area contributed by atoms with Crippen molar-refractivity contribution in [1.29, 1.82) is 0 Å². The molecule has 1 aliphatic heterocycles. The summed E-state index contributed by atoms with van der Waals surface area (Å²) in [6, 6.07) is 11.5. The van der Waals surface area contributed by atoms with Crippen LogP contribution in [0.2, 0.25) is 0 Å². The molecule has 0 spiro atoms. The Hall–Kier alpha value is -2.86. The third-order valence-electron chi connectivity index (χ3n) is 4.09. The second kappa shape index (κ2) is 8.66. The first-order valence-corrected chi connectivity index (χ1v) is 9.84. The molecule has 8 nitrogen and oxygen atoms in total. The van der Waals surface area contributed by atoms with Gasteiger partial charge in [-0.3, -0.25) is 19.3 Å². The van der Waals surface area contributed by atoms with Crippen LogP contribution in [0.3, 0.4) is 0 Å². The van der Waals surface area contributed by atoms with Gasteiger partial charge in [-0.05, 0) is 72.1 Å². The van der Waals surface area contributed by atoms with Gasteiger partial charge in [-0.2, -0.15) is 5.10 Å². The third-order valence-corrected chi connectivity index (χ3v) is 5.29. The number of aromatic hydroxyl groups is 1. The fraction of sp³-hybridized carbons (Fsp3) is 0.105. The first kappa shape index (κ1) is 20.9. The number of rotatable bonds is 4. The number of hydrogen-bond acceptors (Lipinski definition) is 6. The van der Waals surface area contributed by atoms with Crippen molar-refractivity contribution in [3.63, 3.8) is 0 Å². The average Bonchev–Trinajstić information content (AvgIpc) is 2.67. The first-order valence-electron chi connectivity index (χ1n) is 8.35. The lowest BCUT2D eigenvalue weighted by molar-refractivity contribution is -0.130. The van der Waals surface area contributed by atoms with E-state index in [-0.39, 0.29) is 16.4 Å². The van der Waals surface area contributed by atoms with Gasteiger partial charge < -0.3 is 10.4 Å². The van der Waals surface area contributed by atoms with Gasteiger partial charge in [0.05, 0.1) is 9.26 Å². The van der Waals surface area contributed by atoms with Crippen LogP contribution in [0.4, 0.5) is 5.69 Å². The van der Waals surface area contributed by atoms with E-state index < -0.39 is 23.6 Å². The van der Waals surface area contributed by atoms with Crippen LogP contribution >= 0.6 is 34.8 Å². The fourth-order valence-electron chi connectivity index (χ4n) is 2.55. The Bertz CT molecular complexity index is 1040. The number of nitrogens with one attached hydrogen (secondary N) is 2. The lowest BCUT2D eigenvalue weighted by Crippen LogP contribution is -2.58. The van der Waals surface area contributed by atoms with E-state index in [9.17, 15) is 19.5 Å². The second-order valence-corrected chi connectivity index (χ2v) is 7.72. The predicted molar refractivity (Wildman–Crippen MR) is 120 cm³/mol. The molecule has 0 saturated carbocycles. The molecule has 3 rings (SSSR count). The summed E-state index contributed by atoms with van der Waals surface area (Å²) >= 11 is 7.05. The molecule has 2 aromatic carbocycles. The van der Waals surface area contributed by atoms with Crippen molar-refractivity contribution in [2.24, 2.45) is 11.0 Å². The van der Waals surface area contributed by atoms with Crippen LogP contribution in [-0.2, 0) is 9.59 Å². The van der Waals surface area contributed by atoms with E-state index in [2.05, 4.69) is 15.8 Å². The number of nitrogens with zero attached hydrogens (tertiary/aromatic N) is 2. The highest BCUT2D eigenvalue weighted by Gasteiger charge is 2.38. The minimum Gasteiger partial charge on any atom is -0.507 e. The molecule has 1 heterocycles. The normalized spacial score (nSPS) is 16.8. The number of amides is 3. The standard InChI is InChI=1S/C19H15IN4O4S/c1-10-2-5-12(6-3-10)24-18(28)13(17(27)22-19(24)29)9-21-23-16(26)11-4-7-14(20)15(25)8-11/h2-9,13,25H,1H3,(H,23,26)(H,22,27,29)/b21-9+/t13-/m0/s1. The molecule has 3 amide bonds. The maximum Gasteiger partial charge on any atom is 0.271 e. The summed E-state index contributed by atoms with van der Waals surface area (Å²) in [6.07, 6.45) is 1.05. The molecule has 0 bridgehead atoms. The van der Waals surface area contributed by atoms with Gasteiger partial charge in [0.15, 0.2) is 11.0 Å². The molecular weight excluding hydrogens is 507 g/mol. The van der Waals surface area contributed by atoms with Crippen LogP contribution in [0.25, 0.3) is 0 Å². The molecule has 2 aromatic rings. The van der Waals surface area contributed by atoms with Crippen molar-refractivity contribution in [2.45, 2.75) is 6.92 Å². The Morgan fingerprint density at radius 1 is 1.28 bits per heavy atom. The molecule has 1 atom stereocenters. The van der Waals surface area contributed by atoms with Gasteiger partial charge in [-0.15, -0.1) is 0 Å². The number of halogens is 1. The number of benzene rings is 2. The number of carbonyl (C=O) groups excluding carboxylic acids is 3. The van der Waals surface area contributed by atoms with Crippen molar-refractivity contribution in [2.75, 3.05) is 4.90 Å². The third kappa shape index (κ3) is 4.59. The van der Waals surface area contributed by atoms with Gasteiger partial charge in [-0.25, -0.2) is 5.43 Å². The van der Waals surface area contributed by atoms with Crippen LogP contribution < -0.4 is 15.6 Å². The zero-order chi connectivity index (χ0) is 21.1. The molecular formula is C19H15IN4O4S. The van der Waals surface area contributed by atoms with Crippen molar-refractivity contribution in [1.82, 2.24) is 10.7 Å². The van der Waals surface area contributed by atoms with Crippen LogP contribution in [0.1, 0.15) is 15.9 Å². The molecule has 0 aromatic heterocycles. The highest BCUT2D eigenvalue weighted by atomic mass is 127. The van der Waals surface area contributed by atoms with Crippen molar-refractivity contribution in [3.05, 3.63) is 57.2 Å². The Kier molecular flexibility index (Phi) is 6.23. The number of thiocarbonyl (C=S) groups is 1. The van der Waals surface area contributed by atoms with Crippen LogP contribution in [0.15, 0.2) is 47.6 Å². The minimum absolute atomic E-state index is 0.0214. The topological polar surface area (TPSA) is 111 Å². The number of hydrogen-bond donors (Lipinski definition) is 3. The molecule has 148 valence electrons. The van der Waals surface area contributed by atoms with Crippen LogP contribution in [-0.4, -0.2) is 34.2 Å². The number of phenols is 1. The molecule has 10 heteroatoms. The van der Waals surface area contributed by atoms with E-state index in [0.29, 0.717) is 9.26 Å². The lowest BCUT2D eigenvalue weighted by atomic mass is 10.1. The zero-order valence-electron chi connectivity index (χ0n) is 15.0. The van der Waals surface area contributed by atoms with Gasteiger partial charge in [0.25, 0.3) is 11.8 Å². The molecule has 29 heavy (non-hydrogen) atoms. The maximum atomic E-state index is 12.8. The van der Waals surface area contributed by atoms with E-state index >= 15 is 0 Å². The molecule has 1 aliphatic rings. The Morgan fingerprint density at radius 2 is 1.97 bits per heavy atom. The second-order valence-electron chi connectivity index (χ2n) is 6.17. The van der Waals surface area contributed by atoms with Crippen molar-refractivity contribution < 1.29 is 19.5 Å². The van der Waals surface area contributed by atoms with Gasteiger partial charge >= 0.3 is 0 Å². The molecule has 0 radical (unpaired) electrons. The summed E-state index contributed by atoms with van der Waals surface area (Å²) < 4.78 is 0.597. The van der Waals surface area contributed by atoms with Gasteiger partial charge in [-0.1, -0.05) is 17.7 Å². The maximum absolute atomic E-state index is 12.8. The van der Waals surface area contributed by atoms with E-state index in [1.165, 1.54) is 17.0 Å².